The third kappa shape index (κ3) is 1.59. The molecule has 0 aliphatic rings. The van der Waals surface area contributed by atoms with Crippen LogP contribution >= 0.6 is 11.6 Å². The minimum atomic E-state index is -0.714. The molecule has 1 unspecified atom stereocenters. The standard InChI is InChI=1S/C9H10ClN3O/c10-6-1-2-9-12-7(8(14)3-11)5-13(9)4-6/h1-2,4-5,8,14H,3,11H2. The van der Waals surface area contributed by atoms with Crippen molar-refractivity contribution in [2.24, 2.45) is 5.73 Å². The van der Waals surface area contributed by atoms with Crippen LogP contribution in [0.4, 0.5) is 0 Å². The van der Waals surface area contributed by atoms with Gasteiger partial charge in [0.15, 0.2) is 0 Å². The van der Waals surface area contributed by atoms with Crippen molar-refractivity contribution in [3.8, 4) is 0 Å². The summed E-state index contributed by atoms with van der Waals surface area (Å²) in [6.45, 7) is 0.164. The van der Waals surface area contributed by atoms with Gasteiger partial charge in [-0.2, -0.15) is 0 Å². The first-order valence-corrected chi connectivity index (χ1v) is 4.61. The summed E-state index contributed by atoms with van der Waals surface area (Å²) < 4.78 is 1.76. The van der Waals surface area contributed by atoms with Gasteiger partial charge in [0.2, 0.25) is 0 Å². The van der Waals surface area contributed by atoms with Gasteiger partial charge in [-0.3, -0.25) is 0 Å². The number of rotatable bonds is 2. The van der Waals surface area contributed by atoms with Crippen molar-refractivity contribution in [3.05, 3.63) is 35.2 Å². The predicted octanol–water partition coefficient (Wildman–Crippen LogP) is 0.980. The van der Waals surface area contributed by atoms with E-state index in [9.17, 15) is 5.11 Å². The van der Waals surface area contributed by atoms with Crippen molar-refractivity contribution < 1.29 is 5.11 Å². The molecular weight excluding hydrogens is 202 g/mol. The second-order valence-corrected chi connectivity index (χ2v) is 3.47. The molecule has 0 bridgehead atoms. The summed E-state index contributed by atoms with van der Waals surface area (Å²) in [7, 11) is 0. The van der Waals surface area contributed by atoms with Crippen molar-refractivity contribution in [2.45, 2.75) is 6.10 Å². The van der Waals surface area contributed by atoms with E-state index in [0.29, 0.717) is 10.7 Å². The number of hydrogen-bond acceptors (Lipinski definition) is 3. The lowest BCUT2D eigenvalue weighted by molar-refractivity contribution is 0.182. The SMILES string of the molecule is NCC(O)c1cn2cc(Cl)ccc2n1. The number of imidazole rings is 1. The van der Waals surface area contributed by atoms with Gasteiger partial charge in [-0.05, 0) is 12.1 Å². The molecular formula is C9H10ClN3O. The topological polar surface area (TPSA) is 63.5 Å². The zero-order chi connectivity index (χ0) is 10.1. The van der Waals surface area contributed by atoms with E-state index in [1.54, 1.807) is 28.9 Å². The van der Waals surface area contributed by atoms with Crippen molar-refractivity contribution in [2.75, 3.05) is 6.54 Å². The van der Waals surface area contributed by atoms with Gasteiger partial charge >= 0.3 is 0 Å². The zero-order valence-corrected chi connectivity index (χ0v) is 8.15. The normalized spacial score (nSPS) is 13.4. The van der Waals surface area contributed by atoms with Crippen molar-refractivity contribution >= 4 is 17.2 Å². The first kappa shape index (κ1) is 9.45. The van der Waals surface area contributed by atoms with Gasteiger partial charge in [-0.15, -0.1) is 0 Å². The number of pyridine rings is 1. The van der Waals surface area contributed by atoms with Crippen LogP contribution in [0, 0.1) is 0 Å². The predicted molar refractivity (Wildman–Crippen MR) is 54.2 cm³/mol. The maximum absolute atomic E-state index is 9.47. The Morgan fingerprint density at radius 1 is 1.50 bits per heavy atom. The van der Waals surface area contributed by atoms with E-state index in [1.165, 1.54) is 0 Å². The molecule has 1 atom stereocenters. The fourth-order valence-corrected chi connectivity index (χ4v) is 1.43. The van der Waals surface area contributed by atoms with Gasteiger partial charge in [-0.25, -0.2) is 4.98 Å². The van der Waals surface area contributed by atoms with Gasteiger partial charge in [-0.1, -0.05) is 11.6 Å². The zero-order valence-electron chi connectivity index (χ0n) is 7.39. The Kier molecular flexibility index (Phi) is 2.41. The Balaban J connectivity index is 2.51. The number of aliphatic hydroxyl groups is 1. The summed E-state index contributed by atoms with van der Waals surface area (Å²) in [4.78, 5) is 4.20. The van der Waals surface area contributed by atoms with Crippen molar-refractivity contribution in [1.29, 1.82) is 0 Å². The highest BCUT2D eigenvalue weighted by molar-refractivity contribution is 6.30. The molecule has 3 N–H and O–H groups in total. The van der Waals surface area contributed by atoms with Crippen LogP contribution in [-0.2, 0) is 0 Å². The van der Waals surface area contributed by atoms with Crippen molar-refractivity contribution in [1.82, 2.24) is 9.38 Å². The molecule has 2 aromatic rings. The second kappa shape index (κ2) is 3.57. The molecule has 5 heteroatoms. The highest BCUT2D eigenvalue weighted by Gasteiger charge is 2.09. The summed E-state index contributed by atoms with van der Waals surface area (Å²) in [5.41, 5.74) is 6.64. The lowest BCUT2D eigenvalue weighted by Gasteiger charge is -2.00. The second-order valence-electron chi connectivity index (χ2n) is 3.03. The highest BCUT2D eigenvalue weighted by Crippen LogP contribution is 2.15. The van der Waals surface area contributed by atoms with Crippen LogP contribution in [0.3, 0.4) is 0 Å². The molecule has 0 aromatic carbocycles. The Morgan fingerprint density at radius 3 is 3.00 bits per heavy atom. The number of nitrogens with two attached hydrogens (primary N) is 1. The average Bonchev–Trinajstić information content (AvgIpc) is 2.59. The number of aromatic nitrogens is 2. The average molecular weight is 212 g/mol. The van der Waals surface area contributed by atoms with Gasteiger partial charge in [0, 0.05) is 18.9 Å². The van der Waals surface area contributed by atoms with Crippen LogP contribution in [0.5, 0.6) is 0 Å². The molecule has 0 aliphatic carbocycles. The minimum Gasteiger partial charge on any atom is -0.385 e. The Hall–Kier alpha value is -1.10. The van der Waals surface area contributed by atoms with Gasteiger partial charge in [0.1, 0.15) is 11.8 Å². The van der Waals surface area contributed by atoms with E-state index < -0.39 is 6.10 Å². The van der Waals surface area contributed by atoms with E-state index in [-0.39, 0.29) is 6.54 Å². The first-order chi connectivity index (χ1) is 6.70. The number of halogens is 1. The number of hydrogen-bond donors (Lipinski definition) is 2. The van der Waals surface area contributed by atoms with Gasteiger partial charge in [0.05, 0.1) is 10.7 Å². The summed E-state index contributed by atoms with van der Waals surface area (Å²) >= 11 is 5.81. The molecule has 2 rings (SSSR count). The molecule has 4 nitrogen and oxygen atoms in total. The van der Waals surface area contributed by atoms with E-state index in [2.05, 4.69) is 4.98 Å². The highest BCUT2D eigenvalue weighted by atomic mass is 35.5. The number of fused-ring (bicyclic) bond motifs is 1. The lowest BCUT2D eigenvalue weighted by Crippen LogP contribution is -2.11. The van der Waals surface area contributed by atoms with E-state index in [1.807, 2.05) is 0 Å². The smallest absolute Gasteiger partial charge is 0.137 e. The third-order valence-electron chi connectivity index (χ3n) is 2.00. The summed E-state index contributed by atoms with van der Waals surface area (Å²) in [6.07, 6.45) is 2.74. The summed E-state index contributed by atoms with van der Waals surface area (Å²) in [6, 6.07) is 3.54. The maximum atomic E-state index is 9.47. The quantitative estimate of drug-likeness (QED) is 0.779. The molecule has 0 radical (unpaired) electrons. The molecule has 2 aromatic heterocycles. The minimum absolute atomic E-state index is 0.164. The van der Waals surface area contributed by atoms with Crippen LogP contribution in [-0.4, -0.2) is 21.0 Å². The summed E-state index contributed by atoms with van der Waals surface area (Å²) in [5.74, 6) is 0. The van der Waals surface area contributed by atoms with Gasteiger partial charge < -0.3 is 15.2 Å². The number of nitrogens with zero attached hydrogens (tertiary/aromatic N) is 2. The van der Waals surface area contributed by atoms with Crippen LogP contribution < -0.4 is 5.73 Å². The van der Waals surface area contributed by atoms with Crippen LogP contribution in [0.15, 0.2) is 24.5 Å². The largest absolute Gasteiger partial charge is 0.385 e. The fourth-order valence-electron chi connectivity index (χ4n) is 1.27. The van der Waals surface area contributed by atoms with E-state index >= 15 is 0 Å². The molecule has 0 spiro atoms. The molecule has 0 saturated carbocycles. The lowest BCUT2D eigenvalue weighted by atomic mass is 10.3. The van der Waals surface area contributed by atoms with E-state index in [0.717, 1.165) is 5.65 Å². The van der Waals surface area contributed by atoms with Crippen LogP contribution in [0.2, 0.25) is 5.02 Å². The third-order valence-corrected chi connectivity index (χ3v) is 2.22. The summed E-state index contributed by atoms with van der Waals surface area (Å²) in [5, 5.41) is 10.1. The molecule has 0 aliphatic heterocycles. The molecule has 0 saturated heterocycles. The molecule has 0 fully saturated rings. The van der Waals surface area contributed by atoms with E-state index in [4.69, 9.17) is 17.3 Å². The maximum Gasteiger partial charge on any atom is 0.137 e. The molecule has 2 heterocycles. The van der Waals surface area contributed by atoms with Crippen LogP contribution in [0.25, 0.3) is 5.65 Å². The van der Waals surface area contributed by atoms with Gasteiger partial charge in [0.25, 0.3) is 0 Å². The Morgan fingerprint density at radius 2 is 2.29 bits per heavy atom. The Labute approximate surface area is 85.9 Å². The van der Waals surface area contributed by atoms with Crippen molar-refractivity contribution in [3.63, 3.8) is 0 Å². The number of aliphatic hydroxyl groups excluding tert-OH is 1. The fraction of sp³-hybridized carbons (Fsp3) is 0.222. The molecule has 74 valence electrons. The monoisotopic (exact) mass is 211 g/mol. The molecule has 14 heavy (non-hydrogen) atoms. The molecule has 0 amide bonds. The van der Waals surface area contributed by atoms with Crippen LogP contribution in [0.1, 0.15) is 11.8 Å². The Bertz CT molecular complexity index is 454. The first-order valence-electron chi connectivity index (χ1n) is 4.23.